The first-order valence-corrected chi connectivity index (χ1v) is 6.13. The van der Waals surface area contributed by atoms with E-state index >= 15 is 0 Å². The largest absolute Gasteiger partial charge is 0.306 e. The van der Waals surface area contributed by atoms with Crippen LogP contribution in [0.25, 0.3) is 0 Å². The maximum Gasteiger partial charge on any atom is 0.0991 e. The van der Waals surface area contributed by atoms with Crippen LogP contribution in [0.5, 0.6) is 0 Å². The number of hydrogen-bond acceptors (Lipinski definition) is 3. The van der Waals surface area contributed by atoms with Crippen molar-refractivity contribution in [3.63, 3.8) is 0 Å². The van der Waals surface area contributed by atoms with E-state index in [0.29, 0.717) is 12.1 Å². The quantitative estimate of drug-likeness (QED) is 0.860. The first kappa shape index (κ1) is 12.1. The highest BCUT2D eigenvalue weighted by Gasteiger charge is 2.20. The number of nitrogens with zero attached hydrogens (tertiary/aromatic N) is 2. The molecule has 2 unspecified atom stereocenters. The van der Waals surface area contributed by atoms with Crippen molar-refractivity contribution in [1.82, 2.24) is 10.2 Å². The van der Waals surface area contributed by atoms with Gasteiger partial charge in [-0.1, -0.05) is 12.1 Å². The van der Waals surface area contributed by atoms with Crippen LogP contribution in [0.1, 0.15) is 30.5 Å². The van der Waals surface area contributed by atoms with Gasteiger partial charge in [0.05, 0.1) is 11.6 Å². The zero-order valence-electron chi connectivity index (χ0n) is 10.5. The average Bonchev–Trinajstić information content (AvgIpc) is 2.75. The lowest BCUT2D eigenvalue weighted by atomic mass is 10.1. The van der Waals surface area contributed by atoms with E-state index in [-0.39, 0.29) is 0 Å². The molecule has 0 radical (unpaired) electrons. The highest BCUT2D eigenvalue weighted by atomic mass is 15.2. The summed E-state index contributed by atoms with van der Waals surface area (Å²) in [5.74, 6) is 0. The van der Waals surface area contributed by atoms with Crippen LogP contribution in [-0.4, -0.2) is 31.1 Å². The average molecular weight is 229 g/mol. The van der Waals surface area contributed by atoms with Crippen molar-refractivity contribution in [2.24, 2.45) is 0 Å². The van der Waals surface area contributed by atoms with Gasteiger partial charge in [0.15, 0.2) is 0 Å². The molecule has 0 aromatic heterocycles. The molecular formula is C14H19N3. The van der Waals surface area contributed by atoms with E-state index in [1.54, 1.807) is 0 Å². The molecule has 1 aliphatic heterocycles. The third-order valence-corrected chi connectivity index (χ3v) is 3.42. The summed E-state index contributed by atoms with van der Waals surface area (Å²) >= 11 is 0. The number of nitrogens with one attached hydrogen (secondary N) is 1. The molecule has 0 bridgehead atoms. The van der Waals surface area contributed by atoms with Gasteiger partial charge >= 0.3 is 0 Å². The third-order valence-electron chi connectivity index (χ3n) is 3.42. The molecule has 0 spiro atoms. The lowest BCUT2D eigenvalue weighted by Gasteiger charge is -2.19. The van der Waals surface area contributed by atoms with E-state index in [4.69, 9.17) is 5.26 Å². The molecule has 1 heterocycles. The van der Waals surface area contributed by atoms with Gasteiger partial charge in [-0.05, 0) is 44.6 Å². The topological polar surface area (TPSA) is 39.1 Å². The van der Waals surface area contributed by atoms with E-state index in [0.717, 1.165) is 12.1 Å². The van der Waals surface area contributed by atoms with Gasteiger partial charge in [-0.15, -0.1) is 0 Å². The Labute approximate surface area is 103 Å². The minimum atomic E-state index is 0.347. The predicted molar refractivity (Wildman–Crippen MR) is 68.6 cm³/mol. The van der Waals surface area contributed by atoms with Crippen LogP contribution in [-0.2, 0) is 0 Å². The Morgan fingerprint density at radius 2 is 2.12 bits per heavy atom. The number of likely N-dealkylation sites (tertiary alicyclic amines) is 1. The molecule has 1 saturated heterocycles. The summed E-state index contributed by atoms with van der Waals surface area (Å²) in [6.07, 6.45) is 1.22. The molecule has 0 saturated carbocycles. The molecule has 1 aromatic rings. The number of likely N-dealkylation sites (N-methyl/N-ethyl adjacent to an activating group) is 1. The summed E-state index contributed by atoms with van der Waals surface area (Å²) < 4.78 is 0. The fourth-order valence-corrected chi connectivity index (χ4v) is 2.37. The summed E-state index contributed by atoms with van der Waals surface area (Å²) in [4.78, 5) is 2.35. The second-order valence-electron chi connectivity index (χ2n) is 4.87. The molecule has 3 nitrogen and oxygen atoms in total. The van der Waals surface area contributed by atoms with Gasteiger partial charge < -0.3 is 10.2 Å². The molecule has 17 heavy (non-hydrogen) atoms. The van der Waals surface area contributed by atoms with E-state index < -0.39 is 0 Å². The smallest absolute Gasteiger partial charge is 0.0991 e. The van der Waals surface area contributed by atoms with Crippen molar-refractivity contribution in [1.29, 1.82) is 5.26 Å². The normalized spacial score (nSPS) is 22.3. The molecule has 2 atom stereocenters. The maximum atomic E-state index is 8.75. The highest BCUT2D eigenvalue weighted by Crippen LogP contribution is 2.16. The molecule has 1 aromatic carbocycles. The van der Waals surface area contributed by atoms with E-state index in [1.807, 2.05) is 24.3 Å². The third kappa shape index (κ3) is 3.06. The van der Waals surface area contributed by atoms with Crippen LogP contribution in [0.2, 0.25) is 0 Å². The second-order valence-corrected chi connectivity index (χ2v) is 4.87. The number of hydrogen-bond donors (Lipinski definition) is 1. The summed E-state index contributed by atoms with van der Waals surface area (Å²) in [5.41, 5.74) is 1.97. The lowest BCUT2D eigenvalue weighted by Crippen LogP contribution is -2.33. The minimum absolute atomic E-state index is 0.347. The van der Waals surface area contributed by atoms with Gasteiger partial charge in [0, 0.05) is 18.6 Å². The summed E-state index contributed by atoms with van der Waals surface area (Å²) in [5, 5.41) is 12.4. The molecular weight excluding hydrogens is 210 g/mol. The summed E-state index contributed by atoms with van der Waals surface area (Å²) in [6.45, 7) is 4.48. The Balaban J connectivity index is 1.95. The van der Waals surface area contributed by atoms with Crippen molar-refractivity contribution < 1.29 is 0 Å². The lowest BCUT2D eigenvalue weighted by molar-refractivity contribution is 0.387. The molecule has 0 aliphatic carbocycles. The minimum Gasteiger partial charge on any atom is -0.306 e. The highest BCUT2D eigenvalue weighted by molar-refractivity contribution is 5.32. The molecule has 1 fully saturated rings. The Morgan fingerprint density at radius 3 is 2.65 bits per heavy atom. The van der Waals surface area contributed by atoms with Crippen molar-refractivity contribution >= 4 is 0 Å². The van der Waals surface area contributed by atoms with Gasteiger partial charge in [-0.3, -0.25) is 0 Å². The molecule has 2 rings (SSSR count). The standard InChI is InChI=1S/C14H19N3/c1-11(16-14-7-8-17(2)10-14)13-5-3-12(9-15)4-6-13/h3-6,11,14,16H,7-8,10H2,1-2H3. The van der Waals surface area contributed by atoms with Crippen LogP contribution in [0, 0.1) is 11.3 Å². The number of benzene rings is 1. The monoisotopic (exact) mass is 229 g/mol. The zero-order valence-corrected chi connectivity index (χ0v) is 10.5. The van der Waals surface area contributed by atoms with Crippen molar-refractivity contribution in [3.8, 4) is 6.07 Å². The fourth-order valence-electron chi connectivity index (χ4n) is 2.37. The zero-order chi connectivity index (χ0) is 12.3. The maximum absolute atomic E-state index is 8.75. The molecule has 3 heteroatoms. The first-order chi connectivity index (χ1) is 8.19. The molecule has 0 amide bonds. The second kappa shape index (κ2) is 5.31. The SMILES string of the molecule is CC(NC1CCN(C)C1)c1ccc(C#N)cc1. The Morgan fingerprint density at radius 1 is 1.41 bits per heavy atom. The summed E-state index contributed by atoms with van der Waals surface area (Å²) in [7, 11) is 2.16. The van der Waals surface area contributed by atoms with Crippen molar-refractivity contribution in [2.75, 3.05) is 20.1 Å². The molecule has 90 valence electrons. The number of rotatable bonds is 3. The van der Waals surface area contributed by atoms with Crippen LogP contribution >= 0.6 is 0 Å². The van der Waals surface area contributed by atoms with Gasteiger partial charge in [-0.25, -0.2) is 0 Å². The van der Waals surface area contributed by atoms with Gasteiger partial charge in [-0.2, -0.15) is 5.26 Å². The Bertz CT molecular complexity index is 404. The van der Waals surface area contributed by atoms with Gasteiger partial charge in [0.2, 0.25) is 0 Å². The Kier molecular flexibility index (Phi) is 3.78. The first-order valence-electron chi connectivity index (χ1n) is 6.13. The van der Waals surface area contributed by atoms with Crippen LogP contribution < -0.4 is 5.32 Å². The van der Waals surface area contributed by atoms with Crippen molar-refractivity contribution in [2.45, 2.75) is 25.4 Å². The Hall–Kier alpha value is -1.37. The molecule has 1 aliphatic rings. The van der Waals surface area contributed by atoms with Crippen molar-refractivity contribution in [3.05, 3.63) is 35.4 Å². The van der Waals surface area contributed by atoms with Gasteiger partial charge in [0.1, 0.15) is 0 Å². The number of nitriles is 1. The van der Waals surface area contributed by atoms with E-state index in [9.17, 15) is 0 Å². The van der Waals surface area contributed by atoms with Crippen LogP contribution in [0.3, 0.4) is 0 Å². The molecule has 1 N–H and O–H groups in total. The summed E-state index contributed by atoms with van der Waals surface area (Å²) in [6, 6.07) is 10.9. The van der Waals surface area contributed by atoms with E-state index in [1.165, 1.54) is 18.5 Å². The predicted octanol–water partition coefficient (Wildman–Crippen LogP) is 1.91. The van der Waals surface area contributed by atoms with Gasteiger partial charge in [0.25, 0.3) is 0 Å². The van der Waals surface area contributed by atoms with E-state index in [2.05, 4.69) is 30.3 Å². The fraction of sp³-hybridized carbons (Fsp3) is 0.500. The van der Waals surface area contributed by atoms with Crippen LogP contribution in [0.4, 0.5) is 0 Å². The van der Waals surface area contributed by atoms with Crippen LogP contribution in [0.15, 0.2) is 24.3 Å².